The minimum atomic E-state index is -3.95. The Bertz CT molecular complexity index is 844. The fourth-order valence-corrected chi connectivity index (χ4v) is 3.59. The maximum atomic E-state index is 12.6. The van der Waals surface area contributed by atoms with Crippen LogP contribution in [0.3, 0.4) is 0 Å². The van der Waals surface area contributed by atoms with Crippen LogP contribution in [0.15, 0.2) is 9.42 Å². The molecule has 1 amide bonds. The maximum absolute atomic E-state index is 12.6. The van der Waals surface area contributed by atoms with E-state index in [1.807, 2.05) is 0 Å². The average molecular weight is 341 g/mol. The van der Waals surface area contributed by atoms with Crippen LogP contribution in [0.2, 0.25) is 0 Å². The zero-order chi connectivity index (χ0) is 17.5. The molecule has 0 atom stereocenters. The van der Waals surface area contributed by atoms with E-state index in [1.165, 1.54) is 23.4 Å². The predicted molar refractivity (Wildman–Crippen MR) is 82.7 cm³/mol. The summed E-state index contributed by atoms with van der Waals surface area (Å²) in [6.45, 7) is 4.72. The van der Waals surface area contributed by atoms with Crippen molar-refractivity contribution < 1.29 is 17.7 Å². The van der Waals surface area contributed by atoms with Crippen LogP contribution in [-0.2, 0) is 17.1 Å². The van der Waals surface area contributed by atoms with Gasteiger partial charge in [-0.05, 0) is 20.8 Å². The number of hydrogen-bond donors (Lipinski definition) is 1. The lowest BCUT2D eigenvalue weighted by Crippen LogP contribution is -2.24. The number of sulfonamides is 1. The summed E-state index contributed by atoms with van der Waals surface area (Å²) < 4.78 is 34.1. The number of nitrogens with zero attached hydrogens (tertiary/aromatic N) is 4. The molecule has 10 heteroatoms. The van der Waals surface area contributed by atoms with E-state index in [0.29, 0.717) is 5.69 Å². The van der Waals surface area contributed by atoms with Crippen LogP contribution in [0.25, 0.3) is 0 Å². The van der Waals surface area contributed by atoms with Crippen LogP contribution >= 0.6 is 0 Å². The largest absolute Gasteiger partial charge is 0.360 e. The van der Waals surface area contributed by atoms with Gasteiger partial charge in [-0.25, -0.2) is 8.42 Å². The lowest BCUT2D eigenvalue weighted by Gasteiger charge is -2.11. The first-order chi connectivity index (χ1) is 10.6. The van der Waals surface area contributed by atoms with Gasteiger partial charge in [0.05, 0.1) is 5.69 Å². The quantitative estimate of drug-likeness (QED) is 0.882. The topological polar surface area (TPSA) is 110 Å². The van der Waals surface area contributed by atoms with Gasteiger partial charge in [0.2, 0.25) is 0 Å². The van der Waals surface area contributed by atoms with E-state index in [1.54, 1.807) is 28.1 Å². The highest BCUT2D eigenvalue weighted by atomic mass is 32.2. The Morgan fingerprint density at radius 3 is 2.35 bits per heavy atom. The molecule has 9 nitrogen and oxygen atoms in total. The summed E-state index contributed by atoms with van der Waals surface area (Å²) in [5.74, 6) is -0.220. The van der Waals surface area contributed by atoms with Crippen molar-refractivity contribution in [2.45, 2.75) is 25.7 Å². The standard InChI is InChI=1S/C13H19N5O4S/c1-7-12(9(3)22-15-7)23(20,21)16-10-8(2)18(6)14-11(10)13(19)17(4)5/h16H,1-6H3. The number of amides is 1. The van der Waals surface area contributed by atoms with Gasteiger partial charge in [-0.1, -0.05) is 5.16 Å². The Morgan fingerprint density at radius 1 is 1.26 bits per heavy atom. The molecule has 0 saturated heterocycles. The van der Waals surface area contributed by atoms with Crippen LogP contribution in [0, 0.1) is 20.8 Å². The number of carbonyl (C=O) groups is 1. The SMILES string of the molecule is Cc1noc(C)c1S(=O)(=O)Nc1c(C(=O)N(C)C)nn(C)c1C. The first kappa shape index (κ1) is 17.0. The van der Waals surface area contributed by atoms with Gasteiger partial charge < -0.3 is 9.42 Å². The van der Waals surface area contributed by atoms with E-state index in [0.717, 1.165) is 0 Å². The normalized spacial score (nSPS) is 11.6. The minimum Gasteiger partial charge on any atom is -0.360 e. The summed E-state index contributed by atoms with van der Waals surface area (Å²) in [5.41, 5.74) is 0.944. The van der Waals surface area contributed by atoms with Gasteiger partial charge in [0.15, 0.2) is 16.3 Å². The molecule has 1 N–H and O–H groups in total. The molecule has 0 spiro atoms. The van der Waals surface area contributed by atoms with E-state index in [2.05, 4.69) is 15.0 Å². The molecular weight excluding hydrogens is 322 g/mol. The molecule has 2 heterocycles. The molecule has 0 unspecified atom stereocenters. The maximum Gasteiger partial charge on any atom is 0.276 e. The number of rotatable bonds is 4. The molecule has 23 heavy (non-hydrogen) atoms. The minimum absolute atomic E-state index is 0.0327. The van der Waals surface area contributed by atoms with Gasteiger partial charge in [0.1, 0.15) is 11.4 Å². The number of carbonyl (C=O) groups excluding carboxylic acids is 1. The third-order valence-electron chi connectivity index (χ3n) is 3.42. The molecule has 0 bridgehead atoms. The second-order valence-electron chi connectivity index (χ2n) is 5.39. The van der Waals surface area contributed by atoms with Gasteiger partial charge in [-0.3, -0.25) is 14.2 Å². The van der Waals surface area contributed by atoms with Crippen molar-refractivity contribution in [2.24, 2.45) is 7.05 Å². The highest BCUT2D eigenvalue weighted by Gasteiger charge is 2.29. The molecule has 0 radical (unpaired) electrons. The van der Waals surface area contributed by atoms with E-state index >= 15 is 0 Å². The lowest BCUT2D eigenvalue weighted by atomic mass is 10.3. The Balaban J connectivity index is 2.54. The third kappa shape index (κ3) is 2.93. The van der Waals surface area contributed by atoms with Gasteiger partial charge in [0, 0.05) is 21.1 Å². The first-order valence-corrected chi connectivity index (χ1v) is 8.25. The Labute approximate surface area is 134 Å². The van der Waals surface area contributed by atoms with Crippen molar-refractivity contribution in [3.63, 3.8) is 0 Å². The lowest BCUT2D eigenvalue weighted by molar-refractivity contribution is 0.0822. The Morgan fingerprint density at radius 2 is 1.87 bits per heavy atom. The summed E-state index contributed by atoms with van der Waals surface area (Å²) in [6.07, 6.45) is 0. The summed E-state index contributed by atoms with van der Waals surface area (Å²) in [5, 5.41) is 7.75. The number of anilines is 1. The number of aryl methyl sites for hydroxylation is 3. The van der Waals surface area contributed by atoms with Gasteiger partial charge in [-0.2, -0.15) is 5.10 Å². The molecule has 0 fully saturated rings. The molecule has 2 aromatic heterocycles. The summed E-state index contributed by atoms with van der Waals surface area (Å²) in [7, 11) is 0.819. The summed E-state index contributed by atoms with van der Waals surface area (Å²) in [4.78, 5) is 13.5. The second kappa shape index (κ2) is 5.69. The van der Waals surface area contributed by atoms with Crippen LogP contribution in [0.5, 0.6) is 0 Å². The zero-order valence-electron chi connectivity index (χ0n) is 13.8. The molecule has 0 aliphatic carbocycles. The van der Waals surface area contributed by atoms with Crippen molar-refractivity contribution in [1.29, 1.82) is 0 Å². The van der Waals surface area contributed by atoms with Crippen LogP contribution in [-0.4, -0.2) is 48.3 Å². The first-order valence-electron chi connectivity index (χ1n) is 6.77. The molecule has 0 aliphatic rings. The molecule has 0 saturated carbocycles. The third-order valence-corrected chi connectivity index (χ3v) is 5.01. The van der Waals surface area contributed by atoms with Gasteiger partial charge >= 0.3 is 0 Å². The highest BCUT2D eigenvalue weighted by Crippen LogP contribution is 2.27. The molecule has 2 aromatic rings. The second-order valence-corrected chi connectivity index (χ2v) is 7.01. The van der Waals surface area contributed by atoms with Crippen molar-refractivity contribution >= 4 is 21.6 Å². The Kier molecular flexibility index (Phi) is 4.20. The summed E-state index contributed by atoms with van der Waals surface area (Å²) in [6, 6.07) is 0. The molecular formula is C13H19N5O4S. The van der Waals surface area contributed by atoms with E-state index in [4.69, 9.17) is 4.52 Å². The fraction of sp³-hybridized carbons (Fsp3) is 0.462. The molecule has 0 aromatic carbocycles. The smallest absolute Gasteiger partial charge is 0.276 e. The van der Waals surface area contributed by atoms with Crippen molar-refractivity contribution in [3.05, 3.63) is 22.8 Å². The summed E-state index contributed by atoms with van der Waals surface area (Å²) >= 11 is 0. The number of aromatic nitrogens is 3. The molecule has 0 aliphatic heterocycles. The van der Waals surface area contributed by atoms with Crippen molar-refractivity contribution in [2.75, 3.05) is 18.8 Å². The number of hydrogen-bond acceptors (Lipinski definition) is 6. The van der Waals surface area contributed by atoms with Crippen LogP contribution in [0.4, 0.5) is 5.69 Å². The van der Waals surface area contributed by atoms with E-state index < -0.39 is 15.9 Å². The number of nitrogens with one attached hydrogen (secondary N) is 1. The fourth-order valence-electron chi connectivity index (χ4n) is 2.14. The zero-order valence-corrected chi connectivity index (χ0v) is 14.6. The van der Waals surface area contributed by atoms with E-state index in [-0.39, 0.29) is 27.7 Å². The van der Waals surface area contributed by atoms with E-state index in [9.17, 15) is 13.2 Å². The van der Waals surface area contributed by atoms with Crippen molar-refractivity contribution in [1.82, 2.24) is 19.8 Å². The van der Waals surface area contributed by atoms with Gasteiger partial charge in [-0.15, -0.1) is 0 Å². The Hall–Kier alpha value is -2.36. The molecule has 2 rings (SSSR count). The predicted octanol–water partition coefficient (Wildman–Crippen LogP) is 0.836. The highest BCUT2D eigenvalue weighted by molar-refractivity contribution is 7.92. The van der Waals surface area contributed by atoms with Crippen LogP contribution in [0.1, 0.15) is 27.6 Å². The van der Waals surface area contributed by atoms with Crippen LogP contribution < -0.4 is 4.72 Å². The van der Waals surface area contributed by atoms with Crippen molar-refractivity contribution in [3.8, 4) is 0 Å². The van der Waals surface area contributed by atoms with Gasteiger partial charge in [0.25, 0.3) is 15.9 Å². The monoisotopic (exact) mass is 341 g/mol. The average Bonchev–Trinajstić information content (AvgIpc) is 2.92. The molecule has 126 valence electrons.